The lowest BCUT2D eigenvalue weighted by atomic mass is 11.3. The van der Waals surface area contributed by atoms with Crippen LogP contribution >= 0.6 is 0 Å². The van der Waals surface area contributed by atoms with Crippen molar-refractivity contribution >= 4 is 9.92 Å². The third-order valence-electron chi connectivity index (χ3n) is 0.697. The zero-order chi connectivity index (χ0) is 6.08. The van der Waals surface area contributed by atoms with Gasteiger partial charge in [-0.3, -0.25) is 0 Å². The molecule has 0 saturated heterocycles. The third kappa shape index (κ3) is 2.59. The molecule has 0 rings (SSSR count). The SMILES string of the molecule is CN(C)[S@](C)(=N)=O. The van der Waals surface area contributed by atoms with Crippen LogP contribution in [0.3, 0.4) is 0 Å². The summed E-state index contributed by atoms with van der Waals surface area (Å²) in [6.45, 7) is 0. The molecule has 0 aliphatic carbocycles. The molecule has 0 saturated carbocycles. The summed E-state index contributed by atoms with van der Waals surface area (Å²) in [4.78, 5) is 0. The van der Waals surface area contributed by atoms with Gasteiger partial charge in [0.25, 0.3) is 0 Å². The lowest BCUT2D eigenvalue weighted by Crippen LogP contribution is -2.18. The molecule has 7 heavy (non-hydrogen) atoms. The highest BCUT2D eigenvalue weighted by atomic mass is 32.2. The second-order valence-electron chi connectivity index (χ2n) is 1.61. The Kier molecular flexibility index (Phi) is 1.77. The van der Waals surface area contributed by atoms with Crippen molar-refractivity contribution in [1.29, 1.82) is 4.78 Å². The summed E-state index contributed by atoms with van der Waals surface area (Å²) in [6.07, 6.45) is 1.38. The summed E-state index contributed by atoms with van der Waals surface area (Å²) in [7, 11) is 0.833. The van der Waals surface area contributed by atoms with Crippen molar-refractivity contribution in [3.8, 4) is 0 Å². The first-order valence-corrected chi connectivity index (χ1v) is 3.78. The largest absolute Gasteiger partial charge is 0.240 e. The van der Waals surface area contributed by atoms with Crippen molar-refractivity contribution < 1.29 is 4.21 Å². The van der Waals surface area contributed by atoms with Crippen molar-refractivity contribution in [3.05, 3.63) is 0 Å². The normalized spacial score (nSPS) is 19.4. The molecule has 0 spiro atoms. The summed E-state index contributed by atoms with van der Waals surface area (Å²) < 4.78 is 18.7. The second kappa shape index (κ2) is 1.79. The molecular weight excluding hydrogens is 112 g/mol. The van der Waals surface area contributed by atoms with Gasteiger partial charge in [-0.05, 0) is 0 Å². The van der Waals surface area contributed by atoms with Gasteiger partial charge in [0.2, 0.25) is 0 Å². The van der Waals surface area contributed by atoms with Crippen LogP contribution in [0.1, 0.15) is 0 Å². The second-order valence-corrected chi connectivity index (χ2v) is 3.95. The number of hydrogen-bond donors (Lipinski definition) is 1. The lowest BCUT2D eigenvalue weighted by molar-refractivity contribution is 0.595. The number of nitrogens with one attached hydrogen (secondary N) is 1. The molecule has 0 unspecified atom stereocenters. The standard InChI is InChI=1S/C3H10N2OS/c1-5(2)7(3,4)6/h4H,1-3H3/t7-/m0/s1. The zero-order valence-electron chi connectivity index (χ0n) is 4.76. The fraction of sp³-hybridized carbons (Fsp3) is 1.00. The number of rotatable bonds is 1. The van der Waals surface area contributed by atoms with Gasteiger partial charge in [0.15, 0.2) is 0 Å². The quantitative estimate of drug-likeness (QED) is 0.528. The minimum absolute atomic E-state index is 1.38. The zero-order valence-corrected chi connectivity index (χ0v) is 5.58. The number of hydrogen-bond acceptors (Lipinski definition) is 2. The molecule has 0 amide bonds. The summed E-state index contributed by atoms with van der Waals surface area (Å²) in [5.74, 6) is 0. The maximum absolute atomic E-state index is 10.5. The average Bonchev–Trinajstić information content (AvgIpc) is 1.31. The summed E-state index contributed by atoms with van der Waals surface area (Å²) in [5.41, 5.74) is 0. The molecule has 1 N–H and O–H groups in total. The third-order valence-corrected chi connectivity index (χ3v) is 2.09. The van der Waals surface area contributed by atoms with Crippen LogP contribution in [0.25, 0.3) is 0 Å². The van der Waals surface area contributed by atoms with Crippen LogP contribution in [0.2, 0.25) is 0 Å². The highest BCUT2D eigenvalue weighted by molar-refractivity contribution is 7.89. The van der Waals surface area contributed by atoms with Crippen molar-refractivity contribution in [2.24, 2.45) is 0 Å². The fourth-order valence-corrected chi connectivity index (χ4v) is 0. The monoisotopic (exact) mass is 122 g/mol. The summed E-state index contributed by atoms with van der Waals surface area (Å²) in [5, 5.41) is 0. The van der Waals surface area contributed by atoms with Crippen LogP contribution in [0, 0.1) is 4.78 Å². The topological polar surface area (TPSA) is 44.2 Å². The molecule has 44 valence electrons. The Bertz CT molecular complexity index is 135. The maximum atomic E-state index is 10.5. The van der Waals surface area contributed by atoms with Gasteiger partial charge in [0.05, 0.1) is 0 Å². The van der Waals surface area contributed by atoms with Gasteiger partial charge in [0, 0.05) is 20.4 Å². The van der Waals surface area contributed by atoms with Crippen LogP contribution in [0.4, 0.5) is 0 Å². The van der Waals surface area contributed by atoms with Gasteiger partial charge in [-0.1, -0.05) is 0 Å². The van der Waals surface area contributed by atoms with E-state index in [0.29, 0.717) is 0 Å². The van der Waals surface area contributed by atoms with E-state index in [2.05, 4.69) is 0 Å². The smallest absolute Gasteiger partial charge is 0.104 e. The molecule has 0 aromatic rings. The van der Waals surface area contributed by atoms with Gasteiger partial charge in [-0.25, -0.2) is 13.3 Å². The van der Waals surface area contributed by atoms with E-state index in [1.165, 1.54) is 10.6 Å². The van der Waals surface area contributed by atoms with Gasteiger partial charge in [-0.2, -0.15) is 0 Å². The Labute approximate surface area is 44.4 Å². The van der Waals surface area contributed by atoms with Crippen molar-refractivity contribution in [1.82, 2.24) is 4.31 Å². The summed E-state index contributed by atoms with van der Waals surface area (Å²) in [6, 6.07) is 0. The van der Waals surface area contributed by atoms with Crippen LogP contribution < -0.4 is 0 Å². The van der Waals surface area contributed by atoms with Crippen LogP contribution in [-0.4, -0.2) is 28.9 Å². The van der Waals surface area contributed by atoms with E-state index in [0.717, 1.165) is 0 Å². The Hall–Kier alpha value is -0.0900. The Balaban J connectivity index is 4.10. The molecular formula is C3H10N2OS. The van der Waals surface area contributed by atoms with E-state index in [1.54, 1.807) is 14.1 Å². The van der Waals surface area contributed by atoms with E-state index in [-0.39, 0.29) is 0 Å². The fourth-order valence-electron chi connectivity index (χ4n) is 0. The molecule has 0 aliphatic heterocycles. The Morgan fingerprint density at radius 1 is 1.57 bits per heavy atom. The molecule has 4 heteroatoms. The highest BCUT2D eigenvalue weighted by Crippen LogP contribution is 1.85. The maximum Gasteiger partial charge on any atom is 0.104 e. The first-order chi connectivity index (χ1) is 2.94. The van der Waals surface area contributed by atoms with Crippen LogP contribution in [-0.2, 0) is 9.92 Å². The van der Waals surface area contributed by atoms with Crippen LogP contribution in [0.5, 0.6) is 0 Å². The molecule has 0 aromatic carbocycles. The Morgan fingerprint density at radius 3 is 1.71 bits per heavy atom. The average molecular weight is 122 g/mol. The molecule has 0 heterocycles. The first kappa shape index (κ1) is 6.91. The van der Waals surface area contributed by atoms with Gasteiger partial charge < -0.3 is 0 Å². The lowest BCUT2D eigenvalue weighted by Gasteiger charge is -2.06. The van der Waals surface area contributed by atoms with Gasteiger partial charge in [0.1, 0.15) is 9.92 Å². The van der Waals surface area contributed by atoms with Crippen molar-refractivity contribution in [2.45, 2.75) is 0 Å². The van der Waals surface area contributed by atoms with E-state index < -0.39 is 9.92 Å². The molecule has 3 nitrogen and oxygen atoms in total. The summed E-state index contributed by atoms with van der Waals surface area (Å²) >= 11 is 0. The molecule has 1 atom stereocenters. The minimum Gasteiger partial charge on any atom is -0.240 e. The molecule has 0 radical (unpaired) electrons. The molecule has 0 aromatic heterocycles. The Morgan fingerprint density at radius 2 is 1.71 bits per heavy atom. The van der Waals surface area contributed by atoms with E-state index >= 15 is 0 Å². The molecule has 0 aliphatic rings. The predicted molar refractivity (Wildman–Crippen MR) is 30.5 cm³/mol. The van der Waals surface area contributed by atoms with Crippen molar-refractivity contribution in [2.75, 3.05) is 20.4 Å². The minimum atomic E-state index is -2.41. The predicted octanol–water partition coefficient (Wildman–Crippen LogP) is 0.140. The molecule has 0 bridgehead atoms. The van der Waals surface area contributed by atoms with Crippen LogP contribution in [0.15, 0.2) is 0 Å². The van der Waals surface area contributed by atoms with E-state index in [1.807, 2.05) is 0 Å². The van der Waals surface area contributed by atoms with Gasteiger partial charge >= 0.3 is 0 Å². The van der Waals surface area contributed by atoms with E-state index in [9.17, 15) is 4.21 Å². The first-order valence-electron chi connectivity index (χ1n) is 1.86. The van der Waals surface area contributed by atoms with Crippen molar-refractivity contribution in [3.63, 3.8) is 0 Å². The van der Waals surface area contributed by atoms with Gasteiger partial charge in [-0.15, -0.1) is 0 Å². The van der Waals surface area contributed by atoms with E-state index in [4.69, 9.17) is 4.78 Å². The number of nitrogens with zero attached hydrogens (tertiary/aromatic N) is 1. The highest BCUT2D eigenvalue weighted by Gasteiger charge is 1.95. The molecule has 0 fully saturated rings.